The molecule has 5 heteroatoms. The van der Waals surface area contributed by atoms with E-state index in [9.17, 15) is 9.59 Å². The minimum absolute atomic E-state index is 0.000454. The highest BCUT2D eigenvalue weighted by molar-refractivity contribution is 7.99. The van der Waals surface area contributed by atoms with Crippen molar-refractivity contribution in [2.45, 2.75) is 62.9 Å². The highest BCUT2D eigenvalue weighted by atomic mass is 32.2. The van der Waals surface area contributed by atoms with Crippen molar-refractivity contribution >= 4 is 23.6 Å². The van der Waals surface area contributed by atoms with E-state index in [0.29, 0.717) is 18.7 Å². The first kappa shape index (κ1) is 26.0. The topological polar surface area (TPSA) is 49.4 Å². The van der Waals surface area contributed by atoms with E-state index in [2.05, 4.69) is 17.4 Å². The molecule has 1 aliphatic carbocycles. The van der Waals surface area contributed by atoms with E-state index in [1.165, 1.54) is 12.0 Å². The van der Waals surface area contributed by atoms with Crippen molar-refractivity contribution in [3.05, 3.63) is 108 Å². The summed E-state index contributed by atoms with van der Waals surface area (Å²) in [6.07, 6.45) is 6.07. The molecule has 4 rings (SSSR count). The second-order valence-corrected chi connectivity index (χ2v) is 10.5. The molecule has 0 spiro atoms. The summed E-state index contributed by atoms with van der Waals surface area (Å²) >= 11 is 1.60. The fraction of sp³-hybridized carbons (Fsp3) is 0.355. The van der Waals surface area contributed by atoms with Gasteiger partial charge in [-0.25, -0.2) is 0 Å². The van der Waals surface area contributed by atoms with Gasteiger partial charge in [-0.1, -0.05) is 110 Å². The molecule has 1 N–H and O–H groups in total. The Kier molecular flexibility index (Phi) is 10.0. The molecule has 0 unspecified atom stereocenters. The summed E-state index contributed by atoms with van der Waals surface area (Å²) in [6.45, 7) is 0.418. The number of hydrogen-bond donors (Lipinski definition) is 1. The lowest BCUT2D eigenvalue weighted by Crippen LogP contribution is -2.53. The largest absolute Gasteiger partial charge is 0.352 e. The van der Waals surface area contributed by atoms with Crippen molar-refractivity contribution < 1.29 is 9.59 Å². The van der Waals surface area contributed by atoms with Gasteiger partial charge in [0.25, 0.3) is 0 Å². The molecule has 0 aliphatic heterocycles. The third kappa shape index (κ3) is 7.99. The highest BCUT2D eigenvalue weighted by Gasteiger charge is 2.31. The SMILES string of the molecule is O=C(NC1CCCCC1)[C@@H](Cc1ccccc1)N(Cc1ccccc1)C(=O)CSCc1ccccc1. The van der Waals surface area contributed by atoms with E-state index < -0.39 is 6.04 Å². The molecule has 1 aliphatic rings. The number of thioether (sulfide) groups is 1. The monoisotopic (exact) mass is 500 g/mol. The van der Waals surface area contributed by atoms with Crippen LogP contribution in [0.1, 0.15) is 48.8 Å². The number of hydrogen-bond acceptors (Lipinski definition) is 3. The maximum absolute atomic E-state index is 13.7. The zero-order valence-electron chi connectivity index (χ0n) is 20.9. The summed E-state index contributed by atoms with van der Waals surface area (Å²) in [7, 11) is 0. The minimum Gasteiger partial charge on any atom is -0.352 e. The third-order valence-electron chi connectivity index (χ3n) is 6.76. The molecule has 1 saturated carbocycles. The quantitative estimate of drug-likeness (QED) is 0.351. The molecule has 1 fully saturated rings. The number of benzene rings is 3. The first-order valence-corrected chi connectivity index (χ1v) is 14.1. The van der Waals surface area contributed by atoms with Crippen LogP contribution in [0.15, 0.2) is 91.0 Å². The predicted octanol–water partition coefficient (Wildman–Crippen LogP) is 6.01. The zero-order chi connectivity index (χ0) is 25.0. The molecule has 3 aromatic carbocycles. The average Bonchev–Trinajstić information content (AvgIpc) is 2.93. The molecule has 0 aromatic heterocycles. The summed E-state index contributed by atoms with van der Waals surface area (Å²) in [5.41, 5.74) is 3.28. The van der Waals surface area contributed by atoms with Crippen LogP contribution in [0.2, 0.25) is 0 Å². The summed E-state index contributed by atoms with van der Waals surface area (Å²) in [6, 6.07) is 29.9. The van der Waals surface area contributed by atoms with Gasteiger partial charge in [0.05, 0.1) is 5.75 Å². The standard InChI is InChI=1S/C31H36N2O2S/c34-30(24-36-23-27-17-9-3-10-18-27)33(22-26-15-7-2-8-16-26)29(21-25-13-5-1-6-14-25)31(35)32-28-19-11-4-12-20-28/h1-3,5-10,13-18,28-29H,4,11-12,19-24H2,(H,32,35)/t29-/m1/s1. The number of carbonyl (C=O) groups excluding carboxylic acids is 2. The van der Waals surface area contributed by atoms with Crippen LogP contribution < -0.4 is 5.32 Å². The first-order chi connectivity index (χ1) is 17.7. The molecule has 36 heavy (non-hydrogen) atoms. The zero-order valence-corrected chi connectivity index (χ0v) is 21.7. The molecule has 0 heterocycles. The molecule has 4 nitrogen and oxygen atoms in total. The fourth-order valence-electron chi connectivity index (χ4n) is 4.79. The van der Waals surface area contributed by atoms with Gasteiger partial charge in [0.1, 0.15) is 6.04 Å². The number of rotatable bonds is 11. The second kappa shape index (κ2) is 13.9. The van der Waals surface area contributed by atoms with E-state index in [0.717, 1.165) is 42.6 Å². The fourth-order valence-corrected chi connectivity index (χ4v) is 5.66. The van der Waals surface area contributed by atoms with Gasteiger partial charge in [-0.3, -0.25) is 9.59 Å². The maximum Gasteiger partial charge on any atom is 0.243 e. The first-order valence-electron chi connectivity index (χ1n) is 13.0. The van der Waals surface area contributed by atoms with Gasteiger partial charge in [0, 0.05) is 24.8 Å². The highest BCUT2D eigenvalue weighted by Crippen LogP contribution is 2.21. The molecule has 1 atom stereocenters. The van der Waals surface area contributed by atoms with E-state index in [4.69, 9.17) is 0 Å². The van der Waals surface area contributed by atoms with Crippen LogP contribution in [0.5, 0.6) is 0 Å². The van der Waals surface area contributed by atoms with Crippen LogP contribution >= 0.6 is 11.8 Å². The molecule has 3 aromatic rings. The lowest BCUT2D eigenvalue weighted by atomic mass is 9.94. The number of nitrogens with one attached hydrogen (secondary N) is 1. The van der Waals surface area contributed by atoms with Gasteiger partial charge in [-0.05, 0) is 29.5 Å². The van der Waals surface area contributed by atoms with Crippen molar-refractivity contribution in [3.8, 4) is 0 Å². The van der Waals surface area contributed by atoms with E-state index in [1.807, 2.05) is 78.9 Å². The van der Waals surface area contributed by atoms with Crippen LogP contribution in [-0.4, -0.2) is 34.6 Å². The molecule has 0 radical (unpaired) electrons. The summed E-state index contributed by atoms with van der Waals surface area (Å²) in [4.78, 5) is 29.2. The summed E-state index contributed by atoms with van der Waals surface area (Å²) in [5, 5.41) is 3.30. The lowest BCUT2D eigenvalue weighted by Gasteiger charge is -2.33. The maximum atomic E-state index is 13.7. The Balaban J connectivity index is 1.54. The van der Waals surface area contributed by atoms with Crippen molar-refractivity contribution in [1.29, 1.82) is 0 Å². The van der Waals surface area contributed by atoms with Crippen molar-refractivity contribution in [2.24, 2.45) is 0 Å². The van der Waals surface area contributed by atoms with E-state index >= 15 is 0 Å². The van der Waals surface area contributed by atoms with Crippen molar-refractivity contribution in [3.63, 3.8) is 0 Å². The number of amides is 2. The Labute approximate surface area is 219 Å². The van der Waals surface area contributed by atoms with Gasteiger partial charge in [-0.15, -0.1) is 11.8 Å². The molecular formula is C31H36N2O2S. The predicted molar refractivity (Wildman–Crippen MR) is 149 cm³/mol. The van der Waals surface area contributed by atoms with Crippen LogP contribution in [0.3, 0.4) is 0 Å². The average molecular weight is 501 g/mol. The van der Waals surface area contributed by atoms with Crippen LogP contribution in [0.4, 0.5) is 0 Å². The smallest absolute Gasteiger partial charge is 0.243 e. The van der Waals surface area contributed by atoms with Gasteiger partial charge < -0.3 is 10.2 Å². The Morgan fingerprint density at radius 2 is 1.33 bits per heavy atom. The van der Waals surface area contributed by atoms with Crippen LogP contribution in [0, 0.1) is 0 Å². The van der Waals surface area contributed by atoms with Gasteiger partial charge in [-0.2, -0.15) is 0 Å². The second-order valence-electron chi connectivity index (χ2n) is 9.53. The van der Waals surface area contributed by atoms with Crippen molar-refractivity contribution in [2.75, 3.05) is 5.75 Å². The third-order valence-corrected chi connectivity index (χ3v) is 7.74. The normalized spacial score (nSPS) is 14.7. The number of carbonyl (C=O) groups is 2. The summed E-state index contributed by atoms with van der Waals surface area (Å²) in [5.74, 6) is 1.07. The molecule has 188 valence electrons. The summed E-state index contributed by atoms with van der Waals surface area (Å²) < 4.78 is 0. The van der Waals surface area contributed by atoms with Gasteiger partial charge in [0.2, 0.25) is 11.8 Å². The van der Waals surface area contributed by atoms with Crippen molar-refractivity contribution in [1.82, 2.24) is 10.2 Å². The molecule has 2 amide bonds. The molecule has 0 bridgehead atoms. The molecular weight excluding hydrogens is 464 g/mol. The van der Waals surface area contributed by atoms with Gasteiger partial charge >= 0.3 is 0 Å². The number of nitrogens with zero attached hydrogens (tertiary/aromatic N) is 1. The van der Waals surface area contributed by atoms with Gasteiger partial charge in [0.15, 0.2) is 0 Å². The lowest BCUT2D eigenvalue weighted by molar-refractivity contribution is -0.139. The Hall–Kier alpha value is -3.05. The Morgan fingerprint density at radius 1 is 0.778 bits per heavy atom. The van der Waals surface area contributed by atoms with E-state index in [1.54, 1.807) is 16.7 Å². The Morgan fingerprint density at radius 3 is 1.94 bits per heavy atom. The Bertz CT molecular complexity index is 1070. The van der Waals surface area contributed by atoms with E-state index in [-0.39, 0.29) is 17.9 Å². The van der Waals surface area contributed by atoms with Crippen LogP contribution in [0.25, 0.3) is 0 Å². The molecule has 0 saturated heterocycles. The minimum atomic E-state index is -0.556. The van der Waals surface area contributed by atoms with Crippen LogP contribution in [-0.2, 0) is 28.3 Å².